The van der Waals surface area contributed by atoms with Crippen molar-refractivity contribution in [3.63, 3.8) is 0 Å². The maximum absolute atomic E-state index is 14.8. The Balaban J connectivity index is 0.572. The lowest BCUT2D eigenvalue weighted by atomic mass is 9.89. The van der Waals surface area contributed by atoms with E-state index in [1.807, 2.05) is 59.2 Å². The van der Waals surface area contributed by atoms with Gasteiger partial charge in [-0.1, -0.05) is 231 Å². The number of hydrogen-bond acceptors (Lipinski definition) is 6. The Morgan fingerprint density at radius 1 is 0.263 bits per heavy atom. The zero-order valence-corrected chi connectivity index (χ0v) is 52.9. The molecule has 1 aliphatic heterocycles. The van der Waals surface area contributed by atoms with Crippen molar-refractivity contribution in [2.24, 2.45) is 0 Å². The fourth-order valence-corrected chi connectivity index (χ4v) is 16.2. The zero-order chi connectivity index (χ0) is 65.3. The van der Waals surface area contributed by atoms with Gasteiger partial charge in [-0.05, 0) is 178 Å². The van der Waals surface area contributed by atoms with Crippen LogP contribution in [0.3, 0.4) is 0 Å². The molecule has 0 saturated heterocycles. The van der Waals surface area contributed by atoms with Crippen LogP contribution in [-0.4, -0.2) is 33.4 Å². The molecule has 99 heavy (non-hydrogen) atoms. The van der Waals surface area contributed by atoms with Crippen LogP contribution in [-0.2, 0) is 0 Å². The van der Waals surface area contributed by atoms with E-state index in [1.165, 1.54) is 0 Å². The van der Waals surface area contributed by atoms with Crippen molar-refractivity contribution < 1.29 is 5.11 Å². The number of fused-ring (bicyclic) bond motifs is 12. The van der Waals surface area contributed by atoms with Crippen molar-refractivity contribution >= 4 is 98.3 Å². The molecule has 0 radical (unpaired) electrons. The van der Waals surface area contributed by atoms with Gasteiger partial charge in [0, 0.05) is 48.8 Å². The summed E-state index contributed by atoms with van der Waals surface area (Å²) in [4.78, 5) is 44.8. The fourth-order valence-electron chi connectivity index (χ4n) is 16.2. The first kappa shape index (κ1) is 55.1. The van der Waals surface area contributed by atoms with Gasteiger partial charge in [0.1, 0.15) is 17.1 Å². The van der Waals surface area contributed by atoms with E-state index in [0.29, 0.717) is 22.1 Å². The largest absolute Gasteiger partial charge is 0.369 e. The number of pyridine rings is 2. The van der Waals surface area contributed by atoms with Crippen molar-refractivity contribution in [3.05, 3.63) is 330 Å². The van der Waals surface area contributed by atoms with Crippen LogP contribution in [0.1, 0.15) is 11.8 Å². The number of rotatable bonds is 8. The SMILES string of the molecule is O=c1c2ccc(-c3ccccc3)c3cccc(c32)c2nc3cc(-c4cccc(-c5ccc(-c6ccc7c8c6cccc8c(=O)n6c8ccc(-c9cccc(-c%10cccc(-c%11ccc%12nc%13n(c%12c%11)C(O)c%11ccc(-c%12ccccc%12)c%12cccc-%13c%11%12)c%10)c9)cc8nc76)cc5)c4)ccc3n12. The van der Waals surface area contributed by atoms with E-state index < -0.39 is 6.23 Å². The second-order valence-electron chi connectivity index (χ2n) is 26.2. The summed E-state index contributed by atoms with van der Waals surface area (Å²) in [7, 11) is 0. The Morgan fingerprint density at radius 2 is 0.646 bits per heavy atom. The van der Waals surface area contributed by atoms with E-state index in [4.69, 9.17) is 15.0 Å². The fraction of sp³-hybridized carbons (Fsp3) is 0.0111. The highest BCUT2D eigenvalue weighted by Gasteiger charge is 2.30. The quantitative estimate of drug-likeness (QED) is 0.162. The summed E-state index contributed by atoms with van der Waals surface area (Å²) in [6, 6.07) is 105. The van der Waals surface area contributed by atoms with Crippen molar-refractivity contribution in [3.8, 4) is 100 Å². The highest BCUT2D eigenvalue weighted by molar-refractivity contribution is 6.21. The number of imidazole rings is 3. The van der Waals surface area contributed by atoms with Gasteiger partial charge in [-0.2, -0.15) is 0 Å². The Bertz CT molecular complexity index is 6970. The highest BCUT2D eigenvalue weighted by atomic mass is 16.3. The lowest BCUT2D eigenvalue weighted by Gasteiger charge is -2.26. The molecule has 1 N–H and O–H groups in total. The number of nitrogens with zero attached hydrogens (tertiary/aromatic N) is 6. The zero-order valence-electron chi connectivity index (χ0n) is 52.9. The summed E-state index contributed by atoms with van der Waals surface area (Å²) in [5, 5.41) is 21.4. The van der Waals surface area contributed by atoms with Crippen LogP contribution in [0.4, 0.5) is 0 Å². The summed E-state index contributed by atoms with van der Waals surface area (Å²) in [5.74, 6) is 0.756. The lowest BCUT2D eigenvalue weighted by Crippen LogP contribution is -2.16. The van der Waals surface area contributed by atoms with Crippen LogP contribution in [0.5, 0.6) is 0 Å². The standard InChI is InChI=1S/C90H52N6O3/c97-88-73-28-12-25-69-66(54-31-29-51(30-32-54)55-17-7-20-58(45-55)61-34-43-79-77(48-61)92-86-71-27-11-24-68-64(52-13-3-1-4-14-52)37-40-74(83(68)71)89(98)94(79)86)36-39-72(84(69)73)87-93-78-49-62(35-44-80(78)95(87)88)59-21-8-18-56(46-59)57-19-9-22-60(47-57)63-33-42-76-81(50-63)96-85(91-76)70-26-10-23-67-65(53-15-5-2-6-16-53)38-41-75(82(67)70)90(96)99/h1-50,90,99H. The van der Waals surface area contributed by atoms with Gasteiger partial charge < -0.3 is 5.11 Å². The van der Waals surface area contributed by atoms with Crippen LogP contribution in [0, 0.1) is 0 Å². The molecule has 21 rings (SSSR count). The molecule has 1 aliphatic rings. The van der Waals surface area contributed by atoms with Crippen molar-refractivity contribution in [1.82, 2.24) is 28.3 Å². The third-order valence-electron chi connectivity index (χ3n) is 20.9. The molecule has 0 fully saturated rings. The molecule has 6 heterocycles. The first-order chi connectivity index (χ1) is 48.8. The van der Waals surface area contributed by atoms with Gasteiger partial charge in [-0.15, -0.1) is 0 Å². The van der Waals surface area contributed by atoms with Crippen molar-refractivity contribution in [1.29, 1.82) is 0 Å². The molecule has 9 nitrogen and oxygen atoms in total. The normalized spacial score (nSPS) is 13.1. The first-order valence-corrected chi connectivity index (χ1v) is 33.4. The highest BCUT2D eigenvalue weighted by Crippen LogP contribution is 2.47. The number of aromatic nitrogens is 6. The summed E-state index contributed by atoms with van der Waals surface area (Å²) in [5.41, 5.74) is 24.7. The Morgan fingerprint density at radius 3 is 1.20 bits per heavy atom. The molecule has 1 atom stereocenters. The van der Waals surface area contributed by atoms with Gasteiger partial charge in [0.2, 0.25) is 0 Å². The lowest BCUT2D eigenvalue weighted by molar-refractivity contribution is 0.152. The van der Waals surface area contributed by atoms with Gasteiger partial charge in [0.25, 0.3) is 11.1 Å². The van der Waals surface area contributed by atoms with E-state index in [-0.39, 0.29) is 11.1 Å². The molecule has 0 amide bonds. The van der Waals surface area contributed by atoms with Gasteiger partial charge in [-0.3, -0.25) is 23.0 Å². The van der Waals surface area contributed by atoms with E-state index in [2.05, 4.69) is 249 Å². The molecule has 15 aromatic carbocycles. The average molecular weight is 1270 g/mol. The molecule has 0 spiro atoms. The number of hydrogen-bond donors (Lipinski definition) is 1. The van der Waals surface area contributed by atoms with E-state index in [9.17, 15) is 14.7 Å². The maximum atomic E-state index is 14.8. The van der Waals surface area contributed by atoms with Crippen LogP contribution < -0.4 is 11.1 Å². The third kappa shape index (κ3) is 8.17. The number of aliphatic hydroxyl groups excluding tert-OH is 1. The Hall–Kier alpha value is -13.2. The number of benzene rings is 15. The molecule has 9 heteroatoms. The molecule has 5 aromatic heterocycles. The summed E-state index contributed by atoms with van der Waals surface area (Å²) in [6.07, 6.45) is -0.909. The van der Waals surface area contributed by atoms with Gasteiger partial charge in [0.05, 0.1) is 33.1 Å². The second kappa shape index (κ2) is 20.9. The average Bonchev–Trinajstić information content (AvgIpc) is 1.66. The molecular formula is C90H52N6O3. The Labute approximate surface area is 564 Å². The summed E-state index contributed by atoms with van der Waals surface area (Å²) in [6.45, 7) is 0. The topological polar surface area (TPSA) is 107 Å². The minimum absolute atomic E-state index is 0.0710. The number of aliphatic hydroxyl groups is 1. The van der Waals surface area contributed by atoms with E-state index >= 15 is 0 Å². The molecule has 0 bridgehead atoms. The first-order valence-electron chi connectivity index (χ1n) is 33.4. The molecule has 460 valence electrons. The van der Waals surface area contributed by atoms with Gasteiger partial charge in [0.15, 0.2) is 6.23 Å². The molecular weight excluding hydrogens is 1210 g/mol. The third-order valence-corrected chi connectivity index (χ3v) is 20.9. The molecule has 20 aromatic rings. The Kier molecular flexibility index (Phi) is 11.6. The second-order valence-corrected chi connectivity index (χ2v) is 26.2. The molecule has 0 aliphatic carbocycles. The predicted molar refractivity (Wildman–Crippen MR) is 404 cm³/mol. The summed E-state index contributed by atoms with van der Waals surface area (Å²) < 4.78 is 5.54. The van der Waals surface area contributed by atoms with Crippen LogP contribution in [0.15, 0.2) is 313 Å². The van der Waals surface area contributed by atoms with Crippen LogP contribution in [0.25, 0.3) is 199 Å². The van der Waals surface area contributed by atoms with E-state index in [1.54, 1.807) is 8.80 Å². The monoisotopic (exact) mass is 1260 g/mol. The van der Waals surface area contributed by atoms with Crippen LogP contribution >= 0.6 is 0 Å². The smallest absolute Gasteiger partial charge is 0.264 e. The minimum atomic E-state index is -0.909. The van der Waals surface area contributed by atoms with Gasteiger partial charge >= 0.3 is 0 Å². The summed E-state index contributed by atoms with van der Waals surface area (Å²) >= 11 is 0. The molecule has 1 unspecified atom stereocenters. The van der Waals surface area contributed by atoms with Crippen LogP contribution in [0.2, 0.25) is 0 Å². The van der Waals surface area contributed by atoms with Crippen molar-refractivity contribution in [2.75, 3.05) is 0 Å². The molecule has 0 saturated carbocycles. The van der Waals surface area contributed by atoms with E-state index in [0.717, 1.165) is 182 Å². The van der Waals surface area contributed by atoms with Gasteiger partial charge in [-0.25, -0.2) is 15.0 Å². The van der Waals surface area contributed by atoms with Crippen molar-refractivity contribution in [2.45, 2.75) is 6.23 Å². The maximum Gasteiger partial charge on any atom is 0.264 e. The predicted octanol–water partition coefficient (Wildman–Crippen LogP) is 20.9. The minimum Gasteiger partial charge on any atom is -0.369 e.